The van der Waals surface area contributed by atoms with Crippen LogP contribution in [0.3, 0.4) is 0 Å². The number of fused-ring (bicyclic) bond motifs is 8. The third-order valence-corrected chi connectivity index (χ3v) is 10.3. The summed E-state index contributed by atoms with van der Waals surface area (Å²) in [6.07, 6.45) is 0. The molecule has 0 fully saturated rings. The SMILES string of the molecule is c1ccc(-c2nc3c(ccc4oc5ccc(-c6ccc(N(c7ccccc7)c7cccc8c7sc7ccccc78)cc6)cc5c43)o2)cc1. The highest BCUT2D eigenvalue weighted by Crippen LogP contribution is 2.45. The Hall–Kier alpha value is -6.17. The molecule has 4 nitrogen and oxygen atoms in total. The zero-order valence-corrected chi connectivity index (χ0v) is 26.4. The van der Waals surface area contributed by atoms with E-state index in [0.717, 1.165) is 61.1 Å². The van der Waals surface area contributed by atoms with Gasteiger partial charge in [0.25, 0.3) is 0 Å². The van der Waals surface area contributed by atoms with Gasteiger partial charge in [-0.3, -0.25) is 0 Å². The third kappa shape index (κ3) is 4.25. The van der Waals surface area contributed by atoms with Gasteiger partial charge in [-0.15, -0.1) is 11.3 Å². The van der Waals surface area contributed by atoms with Gasteiger partial charge in [0.2, 0.25) is 5.89 Å². The highest BCUT2D eigenvalue weighted by molar-refractivity contribution is 7.26. The molecule has 3 aromatic heterocycles. The fraction of sp³-hybridized carbons (Fsp3) is 0. The van der Waals surface area contributed by atoms with Crippen LogP contribution in [0.15, 0.2) is 167 Å². The minimum absolute atomic E-state index is 0.605. The Kier molecular flexibility index (Phi) is 6.01. The van der Waals surface area contributed by atoms with Crippen molar-refractivity contribution < 1.29 is 8.83 Å². The Morgan fingerprint density at radius 3 is 2.02 bits per heavy atom. The number of thiophene rings is 1. The second-order valence-electron chi connectivity index (χ2n) is 12.0. The smallest absolute Gasteiger partial charge is 0.227 e. The zero-order valence-electron chi connectivity index (χ0n) is 25.6. The molecule has 226 valence electrons. The number of aromatic nitrogens is 1. The molecule has 0 aliphatic heterocycles. The molecule has 0 aliphatic rings. The van der Waals surface area contributed by atoms with E-state index in [1.807, 2.05) is 53.8 Å². The molecular formula is C43H26N2O2S. The van der Waals surface area contributed by atoms with Crippen molar-refractivity contribution in [2.24, 2.45) is 0 Å². The summed E-state index contributed by atoms with van der Waals surface area (Å²) in [7, 11) is 0. The average Bonchev–Trinajstić information content (AvgIpc) is 3.86. The Bertz CT molecular complexity index is 2780. The van der Waals surface area contributed by atoms with Crippen molar-refractivity contribution >= 4 is 81.6 Å². The van der Waals surface area contributed by atoms with Crippen LogP contribution in [0, 0.1) is 0 Å². The second kappa shape index (κ2) is 10.7. The number of nitrogens with zero attached hydrogens (tertiary/aromatic N) is 2. The van der Waals surface area contributed by atoms with Crippen molar-refractivity contribution in [1.82, 2.24) is 4.98 Å². The van der Waals surface area contributed by atoms with Crippen molar-refractivity contribution in [3.8, 4) is 22.6 Å². The predicted octanol–water partition coefficient (Wildman–Crippen LogP) is 12.9. The molecule has 0 aliphatic carbocycles. The van der Waals surface area contributed by atoms with Crippen molar-refractivity contribution in [3.63, 3.8) is 0 Å². The Balaban J connectivity index is 1.09. The largest absolute Gasteiger partial charge is 0.456 e. The molecule has 0 amide bonds. The van der Waals surface area contributed by atoms with Gasteiger partial charge in [-0.1, -0.05) is 84.9 Å². The topological polar surface area (TPSA) is 42.4 Å². The van der Waals surface area contributed by atoms with Gasteiger partial charge in [0.05, 0.1) is 15.8 Å². The van der Waals surface area contributed by atoms with Gasteiger partial charge in [-0.2, -0.15) is 0 Å². The van der Waals surface area contributed by atoms with Crippen molar-refractivity contribution in [3.05, 3.63) is 158 Å². The van der Waals surface area contributed by atoms with Crippen LogP contribution >= 0.6 is 11.3 Å². The maximum atomic E-state index is 6.28. The third-order valence-electron chi connectivity index (χ3n) is 9.11. The number of oxazole rings is 1. The van der Waals surface area contributed by atoms with E-state index in [1.54, 1.807) is 0 Å². The summed E-state index contributed by atoms with van der Waals surface area (Å²) in [6, 6.07) is 55.1. The number of rotatable bonds is 5. The first kappa shape index (κ1) is 27.0. The first-order chi connectivity index (χ1) is 23.8. The fourth-order valence-electron chi connectivity index (χ4n) is 6.85. The van der Waals surface area contributed by atoms with Crippen molar-refractivity contribution in [2.75, 3.05) is 4.90 Å². The van der Waals surface area contributed by atoms with E-state index in [2.05, 4.69) is 120 Å². The van der Waals surface area contributed by atoms with E-state index in [4.69, 9.17) is 13.8 Å². The highest BCUT2D eigenvalue weighted by atomic mass is 32.1. The van der Waals surface area contributed by atoms with Gasteiger partial charge < -0.3 is 13.7 Å². The molecule has 0 unspecified atom stereocenters. The van der Waals surface area contributed by atoms with Gasteiger partial charge in [0, 0.05) is 37.8 Å². The predicted molar refractivity (Wildman–Crippen MR) is 200 cm³/mol. The number of hydrogen-bond acceptors (Lipinski definition) is 5. The van der Waals surface area contributed by atoms with Gasteiger partial charge >= 0.3 is 0 Å². The zero-order chi connectivity index (χ0) is 31.6. The van der Waals surface area contributed by atoms with Crippen molar-refractivity contribution in [1.29, 1.82) is 0 Å². The average molecular weight is 635 g/mol. The molecule has 0 atom stereocenters. The number of benzene rings is 7. The molecule has 0 spiro atoms. The molecule has 10 rings (SSSR count). The molecule has 7 aromatic carbocycles. The van der Waals surface area contributed by atoms with Crippen LogP contribution in [0.4, 0.5) is 17.1 Å². The molecule has 0 radical (unpaired) electrons. The highest BCUT2D eigenvalue weighted by Gasteiger charge is 2.19. The number of para-hydroxylation sites is 1. The minimum Gasteiger partial charge on any atom is -0.456 e. The van der Waals surface area contributed by atoms with Gasteiger partial charge in [-0.05, 0) is 83.9 Å². The Labute approximate surface area is 279 Å². The molecule has 3 heterocycles. The molecular weight excluding hydrogens is 609 g/mol. The number of anilines is 3. The second-order valence-corrected chi connectivity index (χ2v) is 13.0. The van der Waals surface area contributed by atoms with E-state index in [9.17, 15) is 0 Å². The van der Waals surface area contributed by atoms with Crippen molar-refractivity contribution in [2.45, 2.75) is 0 Å². The lowest BCUT2D eigenvalue weighted by atomic mass is 10.0. The van der Waals surface area contributed by atoms with Crippen LogP contribution in [0.1, 0.15) is 0 Å². The van der Waals surface area contributed by atoms with E-state index in [1.165, 1.54) is 25.9 Å². The summed E-state index contributed by atoms with van der Waals surface area (Å²) in [4.78, 5) is 7.29. The van der Waals surface area contributed by atoms with Gasteiger partial charge in [0.15, 0.2) is 5.58 Å². The first-order valence-corrected chi connectivity index (χ1v) is 16.8. The molecule has 10 aromatic rings. The Morgan fingerprint density at radius 1 is 0.479 bits per heavy atom. The Morgan fingerprint density at radius 2 is 1.17 bits per heavy atom. The summed E-state index contributed by atoms with van der Waals surface area (Å²) in [5, 5.41) is 4.57. The van der Waals surface area contributed by atoms with Crippen LogP contribution in [0.5, 0.6) is 0 Å². The molecule has 48 heavy (non-hydrogen) atoms. The van der Waals surface area contributed by atoms with Crippen LogP contribution in [-0.4, -0.2) is 4.98 Å². The van der Waals surface area contributed by atoms with E-state index in [0.29, 0.717) is 5.89 Å². The lowest BCUT2D eigenvalue weighted by Crippen LogP contribution is -2.09. The van der Waals surface area contributed by atoms with E-state index in [-0.39, 0.29) is 0 Å². The number of hydrogen-bond donors (Lipinski definition) is 0. The molecule has 0 bridgehead atoms. The molecule has 5 heteroatoms. The normalized spacial score (nSPS) is 11.8. The monoisotopic (exact) mass is 634 g/mol. The maximum Gasteiger partial charge on any atom is 0.227 e. The van der Waals surface area contributed by atoms with Crippen LogP contribution in [0.25, 0.3) is 75.8 Å². The standard InChI is InChI=1S/C43H26N2O2S/c1-3-10-28(11-4-1)43-44-41-38(47-43)25-24-37-40(41)34-26-29(20-23-36(34)46-37)27-18-21-31(22-19-27)45(30-12-5-2-6-13-30)35-16-9-15-33-32-14-7-8-17-39(32)48-42(33)35/h1-26H. The van der Waals surface area contributed by atoms with Crippen LogP contribution in [-0.2, 0) is 0 Å². The minimum atomic E-state index is 0.605. The molecule has 0 saturated heterocycles. The summed E-state index contributed by atoms with van der Waals surface area (Å²) in [5.41, 5.74) is 9.75. The van der Waals surface area contributed by atoms with Gasteiger partial charge in [0.1, 0.15) is 16.7 Å². The molecule has 0 N–H and O–H groups in total. The lowest BCUT2D eigenvalue weighted by Gasteiger charge is -2.26. The summed E-state index contributed by atoms with van der Waals surface area (Å²) in [6.45, 7) is 0. The number of furan rings is 1. The molecule has 0 saturated carbocycles. The lowest BCUT2D eigenvalue weighted by molar-refractivity contribution is 0.619. The quantitative estimate of drug-likeness (QED) is 0.189. The van der Waals surface area contributed by atoms with Crippen LogP contribution in [0.2, 0.25) is 0 Å². The maximum absolute atomic E-state index is 6.28. The van der Waals surface area contributed by atoms with Gasteiger partial charge in [-0.25, -0.2) is 4.98 Å². The fourth-order valence-corrected chi connectivity index (χ4v) is 8.06. The van der Waals surface area contributed by atoms with E-state index >= 15 is 0 Å². The summed E-state index contributed by atoms with van der Waals surface area (Å²) >= 11 is 1.85. The summed E-state index contributed by atoms with van der Waals surface area (Å²) in [5.74, 6) is 0.605. The summed E-state index contributed by atoms with van der Waals surface area (Å²) < 4.78 is 15.0. The van der Waals surface area contributed by atoms with Crippen LogP contribution < -0.4 is 4.90 Å². The van der Waals surface area contributed by atoms with E-state index < -0.39 is 0 Å². The first-order valence-electron chi connectivity index (χ1n) is 16.0.